The highest BCUT2D eigenvalue weighted by Gasteiger charge is 2.55. The second kappa shape index (κ2) is 9.33. The molecule has 2 aromatic rings. The molecule has 0 bridgehead atoms. The average molecular weight is 502 g/mol. The minimum atomic E-state index is -4.45. The smallest absolute Gasteiger partial charge is 0.416 e. The molecule has 2 aliphatic heterocycles. The van der Waals surface area contributed by atoms with E-state index in [2.05, 4.69) is 4.90 Å². The monoisotopic (exact) mass is 501 g/mol. The van der Waals surface area contributed by atoms with Crippen molar-refractivity contribution in [2.75, 3.05) is 39.8 Å². The van der Waals surface area contributed by atoms with Gasteiger partial charge >= 0.3 is 6.18 Å². The number of rotatable bonds is 5. The maximum atomic E-state index is 13.7. The molecule has 0 N–H and O–H groups in total. The second-order valence-electron chi connectivity index (χ2n) is 8.39. The number of likely N-dealkylation sites (tertiary alicyclic amines) is 1. The Labute approximate surface area is 200 Å². The number of hydrogen-bond donors (Lipinski definition) is 0. The molecule has 2 aromatic carbocycles. The first kappa shape index (κ1) is 24.1. The third kappa shape index (κ3) is 4.94. The number of piperazine rings is 1. The van der Waals surface area contributed by atoms with Crippen molar-refractivity contribution in [2.45, 2.75) is 24.9 Å². The fraction of sp³-hybridized carbons (Fsp3) is 0.435. The van der Waals surface area contributed by atoms with Crippen molar-refractivity contribution in [1.29, 1.82) is 0 Å². The van der Waals surface area contributed by atoms with Gasteiger partial charge in [-0.25, -0.2) is 0 Å². The van der Waals surface area contributed by atoms with Crippen LogP contribution in [0.2, 0.25) is 10.0 Å². The van der Waals surface area contributed by atoms with Crippen LogP contribution in [0, 0.1) is 0 Å². The molecule has 0 saturated carbocycles. The van der Waals surface area contributed by atoms with Crippen LogP contribution in [0.25, 0.3) is 0 Å². The highest BCUT2D eigenvalue weighted by atomic mass is 35.5. The molecule has 0 unspecified atom stereocenters. The zero-order valence-corrected chi connectivity index (χ0v) is 19.6. The molecular weight excluding hydrogens is 478 g/mol. The fourth-order valence-corrected chi connectivity index (χ4v) is 4.50. The van der Waals surface area contributed by atoms with Crippen molar-refractivity contribution in [3.63, 3.8) is 0 Å². The summed E-state index contributed by atoms with van der Waals surface area (Å²) in [5.74, 6) is 0.00673. The van der Waals surface area contributed by atoms with Gasteiger partial charge in [0, 0.05) is 45.7 Å². The molecule has 2 fully saturated rings. The van der Waals surface area contributed by atoms with Crippen molar-refractivity contribution in [1.82, 2.24) is 14.7 Å². The Bertz CT molecular complexity index is 1010. The van der Waals surface area contributed by atoms with Crippen molar-refractivity contribution in [2.24, 2.45) is 0 Å². The van der Waals surface area contributed by atoms with Crippen LogP contribution in [0.4, 0.5) is 13.2 Å². The van der Waals surface area contributed by atoms with Crippen molar-refractivity contribution in [3.05, 3.63) is 63.6 Å². The predicted molar refractivity (Wildman–Crippen MR) is 120 cm³/mol. The molecule has 2 heterocycles. The highest BCUT2D eigenvalue weighted by Crippen LogP contribution is 2.39. The minimum absolute atomic E-state index is 0.195. The summed E-state index contributed by atoms with van der Waals surface area (Å²) in [5.41, 5.74) is -1.35. The van der Waals surface area contributed by atoms with Gasteiger partial charge in [-0.2, -0.15) is 13.2 Å². The predicted octanol–water partition coefficient (Wildman–Crippen LogP) is 4.77. The van der Waals surface area contributed by atoms with Gasteiger partial charge in [0.15, 0.2) is 0 Å². The SMILES string of the molecule is CN1CCN(C(=O)[C@@]2(Oc3ccc(C(F)(F)F)cc3)CCN2Cc2cccc(Cl)c2Cl)CC1. The quantitative estimate of drug-likeness (QED) is 0.591. The number of halogens is 5. The number of amides is 1. The first-order valence-electron chi connectivity index (χ1n) is 10.6. The molecule has 5 nitrogen and oxygen atoms in total. The van der Waals surface area contributed by atoms with Gasteiger partial charge in [0.2, 0.25) is 5.72 Å². The lowest BCUT2D eigenvalue weighted by molar-refractivity contribution is -0.198. The number of hydrogen-bond acceptors (Lipinski definition) is 4. The van der Waals surface area contributed by atoms with Crippen LogP contribution in [0.3, 0.4) is 0 Å². The molecule has 1 atom stereocenters. The Morgan fingerprint density at radius 2 is 1.70 bits per heavy atom. The van der Waals surface area contributed by atoms with Gasteiger partial charge in [-0.3, -0.25) is 9.69 Å². The van der Waals surface area contributed by atoms with E-state index in [4.69, 9.17) is 27.9 Å². The minimum Gasteiger partial charge on any atom is -0.463 e. The molecule has 10 heteroatoms. The number of nitrogens with zero attached hydrogens (tertiary/aromatic N) is 3. The van der Waals surface area contributed by atoms with Crippen LogP contribution in [0.15, 0.2) is 42.5 Å². The standard InChI is InChI=1S/C23H24Cl2F3N3O2/c1-29-11-13-30(14-12-29)21(32)22(33-18-7-5-17(6-8-18)23(26,27)28)9-10-31(22)15-16-3-2-4-19(24)20(16)25/h2-8H,9-15H2,1H3/t22-/m0/s1. The van der Waals surface area contributed by atoms with Crippen LogP contribution in [0.1, 0.15) is 17.5 Å². The zero-order chi connectivity index (χ0) is 23.8. The summed E-state index contributed by atoms with van der Waals surface area (Å²) in [6.07, 6.45) is -4.03. The van der Waals surface area contributed by atoms with E-state index in [1.54, 1.807) is 17.0 Å². The zero-order valence-electron chi connectivity index (χ0n) is 18.0. The van der Waals surface area contributed by atoms with Gasteiger partial charge in [0.1, 0.15) is 5.75 Å². The number of ether oxygens (including phenoxy) is 1. The van der Waals surface area contributed by atoms with Crippen LogP contribution < -0.4 is 4.74 Å². The molecule has 2 saturated heterocycles. The van der Waals surface area contributed by atoms with Crippen LogP contribution in [-0.4, -0.2) is 66.1 Å². The van der Waals surface area contributed by atoms with E-state index >= 15 is 0 Å². The summed E-state index contributed by atoms with van der Waals surface area (Å²) < 4.78 is 45.1. The van der Waals surface area contributed by atoms with Crippen LogP contribution in [-0.2, 0) is 17.5 Å². The van der Waals surface area contributed by atoms with Crippen LogP contribution in [0.5, 0.6) is 5.75 Å². The van der Waals surface area contributed by atoms with E-state index in [0.717, 1.165) is 30.8 Å². The Morgan fingerprint density at radius 1 is 1.03 bits per heavy atom. The van der Waals surface area contributed by atoms with Gasteiger partial charge in [0.25, 0.3) is 5.91 Å². The summed E-state index contributed by atoms with van der Waals surface area (Å²) in [6, 6.07) is 9.72. The van der Waals surface area contributed by atoms with Gasteiger partial charge in [-0.05, 0) is 42.9 Å². The molecule has 4 rings (SSSR count). The lowest BCUT2D eigenvalue weighted by Crippen LogP contribution is -2.71. The maximum absolute atomic E-state index is 13.7. The Kier molecular flexibility index (Phi) is 6.82. The molecule has 0 aromatic heterocycles. The Hall–Kier alpha value is -2.00. The molecule has 178 valence electrons. The Balaban J connectivity index is 1.62. The third-order valence-electron chi connectivity index (χ3n) is 6.22. The highest BCUT2D eigenvalue weighted by molar-refractivity contribution is 6.42. The lowest BCUT2D eigenvalue weighted by Gasteiger charge is -2.52. The maximum Gasteiger partial charge on any atom is 0.416 e. The largest absolute Gasteiger partial charge is 0.463 e. The second-order valence-corrected chi connectivity index (χ2v) is 9.17. The van der Waals surface area contributed by atoms with E-state index in [-0.39, 0.29) is 11.7 Å². The molecule has 0 spiro atoms. The summed E-state index contributed by atoms with van der Waals surface area (Å²) in [6.45, 7) is 3.48. The van der Waals surface area contributed by atoms with E-state index < -0.39 is 17.5 Å². The number of carbonyl (C=O) groups is 1. The van der Waals surface area contributed by atoms with Gasteiger partial charge in [-0.15, -0.1) is 0 Å². The fourth-order valence-electron chi connectivity index (χ4n) is 4.12. The van der Waals surface area contributed by atoms with Gasteiger partial charge in [0.05, 0.1) is 15.6 Å². The normalized spacial score (nSPS) is 22.2. The van der Waals surface area contributed by atoms with E-state index in [9.17, 15) is 18.0 Å². The molecule has 1 amide bonds. The van der Waals surface area contributed by atoms with Crippen molar-refractivity contribution < 1.29 is 22.7 Å². The first-order valence-corrected chi connectivity index (χ1v) is 11.4. The number of benzene rings is 2. The first-order chi connectivity index (χ1) is 15.6. The third-order valence-corrected chi connectivity index (χ3v) is 7.08. The molecule has 33 heavy (non-hydrogen) atoms. The Morgan fingerprint density at radius 3 is 2.27 bits per heavy atom. The summed E-state index contributed by atoms with van der Waals surface area (Å²) in [5, 5.41) is 0.816. The molecular formula is C23H24Cl2F3N3O2. The summed E-state index contributed by atoms with van der Waals surface area (Å²) in [7, 11) is 1.99. The molecule has 2 aliphatic rings. The van der Waals surface area contributed by atoms with Gasteiger partial charge in [-0.1, -0.05) is 35.3 Å². The van der Waals surface area contributed by atoms with Crippen molar-refractivity contribution >= 4 is 29.1 Å². The molecule has 0 aliphatic carbocycles. The topological polar surface area (TPSA) is 36.0 Å². The van der Waals surface area contributed by atoms with E-state index in [0.29, 0.717) is 42.6 Å². The van der Waals surface area contributed by atoms with Gasteiger partial charge < -0.3 is 14.5 Å². The lowest BCUT2D eigenvalue weighted by atomic mass is 9.94. The number of likely N-dealkylation sites (N-methyl/N-ethyl adjacent to an activating group) is 1. The summed E-state index contributed by atoms with van der Waals surface area (Å²) in [4.78, 5) is 19.5. The average Bonchev–Trinajstić information content (AvgIpc) is 2.77. The van der Waals surface area contributed by atoms with E-state index in [1.165, 1.54) is 12.1 Å². The van der Waals surface area contributed by atoms with Crippen molar-refractivity contribution in [3.8, 4) is 5.75 Å². The van der Waals surface area contributed by atoms with Crippen LogP contribution >= 0.6 is 23.2 Å². The van der Waals surface area contributed by atoms with E-state index in [1.807, 2.05) is 18.0 Å². The summed E-state index contributed by atoms with van der Waals surface area (Å²) >= 11 is 12.5. The number of carbonyl (C=O) groups excluding carboxylic acids is 1. The number of alkyl halides is 3. The molecule has 0 radical (unpaired) electrons.